The zero-order chi connectivity index (χ0) is 10.2. The van der Waals surface area contributed by atoms with E-state index in [9.17, 15) is 0 Å². The molecule has 4 heteroatoms. The number of nitrogens with zero attached hydrogens (tertiary/aromatic N) is 1. The Bertz CT molecular complexity index is 371. The largest absolute Gasteiger partial charge is 0.370 e. The summed E-state index contributed by atoms with van der Waals surface area (Å²) in [6, 6.07) is 8.42. The van der Waals surface area contributed by atoms with Crippen molar-refractivity contribution in [3.8, 4) is 0 Å². The highest BCUT2D eigenvalue weighted by molar-refractivity contribution is 14.1. The van der Waals surface area contributed by atoms with Crippen LogP contribution in [0.1, 0.15) is 12.5 Å². The van der Waals surface area contributed by atoms with E-state index < -0.39 is 0 Å². The van der Waals surface area contributed by atoms with Crippen molar-refractivity contribution in [2.75, 3.05) is 6.54 Å². The lowest BCUT2D eigenvalue weighted by Crippen LogP contribution is -2.42. The highest BCUT2D eigenvalue weighted by Crippen LogP contribution is 2.24. The fourth-order valence-electron chi connectivity index (χ4n) is 1.59. The molecule has 3 nitrogen and oxygen atoms in total. The maximum Gasteiger partial charge on any atom is 0.189 e. The van der Waals surface area contributed by atoms with Crippen LogP contribution < -0.4 is 11.1 Å². The van der Waals surface area contributed by atoms with E-state index in [0.717, 1.165) is 0 Å². The Morgan fingerprint density at radius 3 is 2.57 bits per heavy atom. The van der Waals surface area contributed by atoms with Crippen molar-refractivity contribution < 1.29 is 0 Å². The number of rotatable bonds is 1. The molecule has 1 aliphatic rings. The van der Waals surface area contributed by atoms with Gasteiger partial charge >= 0.3 is 0 Å². The highest BCUT2D eigenvalue weighted by atomic mass is 127. The van der Waals surface area contributed by atoms with Crippen LogP contribution >= 0.6 is 22.6 Å². The Labute approximate surface area is 96.9 Å². The van der Waals surface area contributed by atoms with Crippen molar-refractivity contribution in [2.45, 2.75) is 12.5 Å². The lowest BCUT2D eigenvalue weighted by atomic mass is 9.93. The van der Waals surface area contributed by atoms with Crippen LogP contribution in [0.4, 0.5) is 0 Å². The Balaban J connectivity index is 2.28. The maximum absolute atomic E-state index is 5.61. The minimum Gasteiger partial charge on any atom is -0.370 e. The van der Waals surface area contributed by atoms with Gasteiger partial charge in [-0.15, -0.1) is 0 Å². The van der Waals surface area contributed by atoms with Crippen LogP contribution in [-0.2, 0) is 5.54 Å². The average Bonchev–Trinajstić information content (AvgIpc) is 2.48. The monoisotopic (exact) mass is 301 g/mol. The van der Waals surface area contributed by atoms with Gasteiger partial charge in [0, 0.05) is 3.57 Å². The fraction of sp³-hybridized carbons (Fsp3) is 0.300. The van der Waals surface area contributed by atoms with E-state index in [1.165, 1.54) is 9.13 Å². The zero-order valence-corrected chi connectivity index (χ0v) is 10.1. The van der Waals surface area contributed by atoms with Crippen LogP contribution in [0.15, 0.2) is 29.3 Å². The molecule has 0 aromatic heterocycles. The molecule has 1 atom stereocenters. The van der Waals surface area contributed by atoms with Crippen molar-refractivity contribution in [3.63, 3.8) is 0 Å². The first kappa shape index (κ1) is 9.76. The summed E-state index contributed by atoms with van der Waals surface area (Å²) in [4.78, 5) is 4.17. The fourth-order valence-corrected chi connectivity index (χ4v) is 1.95. The summed E-state index contributed by atoms with van der Waals surface area (Å²) in [6.45, 7) is 2.82. The number of guanidine groups is 1. The molecule has 1 aromatic carbocycles. The minimum absolute atomic E-state index is 0.131. The van der Waals surface area contributed by atoms with E-state index in [1.807, 2.05) is 0 Å². The molecule has 0 amide bonds. The lowest BCUT2D eigenvalue weighted by Gasteiger charge is -2.24. The van der Waals surface area contributed by atoms with Crippen molar-refractivity contribution >= 4 is 28.6 Å². The van der Waals surface area contributed by atoms with Gasteiger partial charge in [-0.25, -0.2) is 0 Å². The molecule has 0 saturated carbocycles. The van der Waals surface area contributed by atoms with Crippen molar-refractivity contribution in [1.82, 2.24) is 5.32 Å². The summed E-state index contributed by atoms with van der Waals surface area (Å²) in [5.74, 6) is 0.533. The second kappa shape index (κ2) is 3.42. The van der Waals surface area contributed by atoms with E-state index in [2.05, 4.69) is 64.1 Å². The van der Waals surface area contributed by atoms with Crippen LogP contribution in [0.2, 0.25) is 0 Å². The first-order valence-corrected chi connectivity index (χ1v) is 5.52. The maximum atomic E-state index is 5.61. The molecule has 14 heavy (non-hydrogen) atoms. The molecule has 0 fully saturated rings. The van der Waals surface area contributed by atoms with Gasteiger partial charge in [0.15, 0.2) is 5.96 Å². The second-order valence-corrected chi connectivity index (χ2v) is 4.91. The molecule has 0 radical (unpaired) electrons. The quantitative estimate of drug-likeness (QED) is 0.771. The second-order valence-electron chi connectivity index (χ2n) is 3.67. The predicted octanol–water partition coefficient (Wildman–Crippen LogP) is 1.42. The topological polar surface area (TPSA) is 50.4 Å². The number of nitrogens with two attached hydrogens (primary N) is 1. The molecule has 0 saturated heterocycles. The standard InChI is InChI=1S/C10H12IN3/c1-10(6-13-9(12)14-10)7-2-4-8(11)5-3-7/h2-5H,6H2,1H3,(H3,12,13,14). The first-order chi connectivity index (χ1) is 6.60. The SMILES string of the molecule is CC1(c2ccc(I)cc2)CN=C(N)N1. The molecular formula is C10H12IN3. The van der Waals surface area contributed by atoms with Gasteiger partial charge in [-0.3, -0.25) is 4.99 Å². The number of nitrogens with one attached hydrogen (secondary N) is 1. The van der Waals surface area contributed by atoms with E-state index in [-0.39, 0.29) is 5.54 Å². The summed E-state index contributed by atoms with van der Waals surface area (Å²) in [5, 5.41) is 3.19. The third-order valence-corrected chi connectivity index (χ3v) is 3.17. The first-order valence-electron chi connectivity index (χ1n) is 4.44. The van der Waals surface area contributed by atoms with Crippen molar-refractivity contribution in [1.29, 1.82) is 0 Å². The zero-order valence-electron chi connectivity index (χ0n) is 7.92. The molecule has 0 aliphatic carbocycles. The Hall–Kier alpha value is -0.780. The van der Waals surface area contributed by atoms with Crippen molar-refractivity contribution in [2.24, 2.45) is 10.7 Å². The van der Waals surface area contributed by atoms with Gasteiger partial charge in [0.05, 0.1) is 12.1 Å². The molecule has 74 valence electrons. The van der Waals surface area contributed by atoms with Crippen molar-refractivity contribution in [3.05, 3.63) is 33.4 Å². The predicted molar refractivity (Wildman–Crippen MR) is 66.1 cm³/mol. The van der Waals surface area contributed by atoms with Gasteiger partial charge in [0.2, 0.25) is 0 Å². The molecular weight excluding hydrogens is 289 g/mol. The highest BCUT2D eigenvalue weighted by Gasteiger charge is 2.30. The van der Waals surface area contributed by atoms with Crippen LogP contribution in [0.3, 0.4) is 0 Å². The van der Waals surface area contributed by atoms with Crippen LogP contribution in [0.5, 0.6) is 0 Å². The molecule has 1 aromatic rings. The van der Waals surface area contributed by atoms with Gasteiger partial charge in [-0.1, -0.05) is 12.1 Å². The minimum atomic E-state index is -0.131. The summed E-state index contributed by atoms with van der Waals surface area (Å²) in [7, 11) is 0. The van der Waals surface area contributed by atoms with Gasteiger partial charge in [0.1, 0.15) is 0 Å². The number of aliphatic imine (C=N–C) groups is 1. The third-order valence-electron chi connectivity index (χ3n) is 2.45. The smallest absolute Gasteiger partial charge is 0.189 e. The number of benzene rings is 1. The number of hydrogen-bond acceptors (Lipinski definition) is 3. The number of halogens is 1. The van der Waals surface area contributed by atoms with Gasteiger partial charge in [-0.2, -0.15) is 0 Å². The van der Waals surface area contributed by atoms with E-state index in [0.29, 0.717) is 12.5 Å². The van der Waals surface area contributed by atoms with Crippen LogP contribution in [-0.4, -0.2) is 12.5 Å². The normalized spacial score (nSPS) is 25.7. The molecule has 3 N–H and O–H groups in total. The summed E-state index contributed by atoms with van der Waals surface area (Å²) in [5.41, 5.74) is 6.71. The van der Waals surface area contributed by atoms with Crippen LogP contribution in [0, 0.1) is 3.57 Å². The van der Waals surface area contributed by atoms with E-state index in [1.54, 1.807) is 0 Å². The summed E-state index contributed by atoms with van der Waals surface area (Å²) < 4.78 is 1.24. The molecule has 0 bridgehead atoms. The summed E-state index contributed by atoms with van der Waals surface area (Å²) >= 11 is 2.29. The summed E-state index contributed by atoms with van der Waals surface area (Å²) in [6.07, 6.45) is 0. The van der Waals surface area contributed by atoms with E-state index >= 15 is 0 Å². The number of hydrogen-bond donors (Lipinski definition) is 2. The van der Waals surface area contributed by atoms with Crippen LogP contribution in [0.25, 0.3) is 0 Å². The molecule has 0 spiro atoms. The van der Waals surface area contributed by atoms with Gasteiger partial charge in [-0.05, 0) is 47.2 Å². The average molecular weight is 301 g/mol. The molecule has 1 heterocycles. The lowest BCUT2D eigenvalue weighted by molar-refractivity contribution is 0.480. The van der Waals surface area contributed by atoms with Gasteiger partial charge < -0.3 is 11.1 Å². The Kier molecular flexibility index (Phi) is 2.38. The molecule has 1 aliphatic heterocycles. The van der Waals surface area contributed by atoms with Gasteiger partial charge in [0.25, 0.3) is 0 Å². The van der Waals surface area contributed by atoms with E-state index in [4.69, 9.17) is 5.73 Å². The molecule has 2 rings (SSSR count). The Morgan fingerprint density at radius 2 is 2.07 bits per heavy atom. The third kappa shape index (κ3) is 1.70. The molecule has 1 unspecified atom stereocenters. The Morgan fingerprint density at radius 1 is 1.43 bits per heavy atom.